The Kier molecular flexibility index (Phi) is 5.87. The van der Waals surface area contributed by atoms with E-state index in [0.717, 1.165) is 0 Å². The van der Waals surface area contributed by atoms with E-state index in [4.69, 9.17) is 13.9 Å². The summed E-state index contributed by atoms with van der Waals surface area (Å²) < 4.78 is 16.5. The van der Waals surface area contributed by atoms with Crippen LogP contribution in [0.25, 0.3) is 21.9 Å². The number of para-hydroxylation sites is 2. The minimum absolute atomic E-state index is 0.00778. The number of hydrogen-bond acceptors (Lipinski definition) is 7. The van der Waals surface area contributed by atoms with Crippen LogP contribution in [0.2, 0.25) is 0 Å². The molecule has 7 heteroatoms. The number of ether oxygens (including phenoxy) is 2. The van der Waals surface area contributed by atoms with Crippen LogP contribution in [-0.2, 0) is 19.1 Å². The smallest absolute Gasteiger partial charge is 0.337 e. The normalized spacial score (nSPS) is 16.0. The van der Waals surface area contributed by atoms with Crippen LogP contribution in [0.4, 0.5) is 0 Å². The quantitative estimate of drug-likeness (QED) is 0.359. The minimum Gasteiger partial charge on any atom is -0.466 e. The Morgan fingerprint density at radius 1 is 1.03 bits per heavy atom. The fourth-order valence-electron chi connectivity index (χ4n) is 4.24. The van der Waals surface area contributed by atoms with E-state index in [-0.39, 0.29) is 23.2 Å². The largest absolute Gasteiger partial charge is 0.466 e. The Hall–Kier alpha value is -4.13. The second-order valence-corrected chi connectivity index (χ2v) is 7.67. The summed E-state index contributed by atoms with van der Waals surface area (Å²) in [7, 11) is 1.28. The van der Waals surface area contributed by atoms with Crippen LogP contribution in [0.5, 0.6) is 0 Å². The topological polar surface area (TPSA) is 94.8 Å². The van der Waals surface area contributed by atoms with Gasteiger partial charge in [0.1, 0.15) is 17.8 Å². The van der Waals surface area contributed by atoms with Crippen molar-refractivity contribution in [3.05, 3.63) is 93.4 Å². The van der Waals surface area contributed by atoms with Gasteiger partial charge in [-0.05, 0) is 32.0 Å². The average molecular weight is 445 g/mol. The van der Waals surface area contributed by atoms with Crippen molar-refractivity contribution < 1.29 is 23.5 Å². The molecule has 2 aromatic carbocycles. The molecule has 1 unspecified atom stereocenters. The summed E-state index contributed by atoms with van der Waals surface area (Å²) in [6.45, 7) is 7.04. The number of hydrogen-bond donors (Lipinski definition) is 1. The van der Waals surface area contributed by atoms with Gasteiger partial charge in [0.15, 0.2) is 0 Å². The molecular formula is C26H23NO6. The van der Waals surface area contributed by atoms with Gasteiger partial charge in [0.2, 0.25) is 5.43 Å². The molecule has 1 aliphatic rings. The molecule has 2 heterocycles. The monoisotopic (exact) mass is 445 g/mol. The highest BCUT2D eigenvalue weighted by Gasteiger charge is 2.39. The van der Waals surface area contributed by atoms with Gasteiger partial charge in [-0.25, -0.2) is 9.59 Å². The molecule has 1 N–H and O–H groups in total. The fraction of sp³-hybridized carbons (Fsp3) is 0.192. The first-order chi connectivity index (χ1) is 15.9. The lowest BCUT2D eigenvalue weighted by molar-refractivity contribution is -0.138. The first-order valence-electron chi connectivity index (χ1n) is 10.4. The van der Waals surface area contributed by atoms with Crippen molar-refractivity contribution in [2.24, 2.45) is 0 Å². The number of methoxy groups -OCH3 is 1. The van der Waals surface area contributed by atoms with Gasteiger partial charge >= 0.3 is 11.9 Å². The number of dihydropyridines is 1. The Bertz CT molecular complexity index is 1430. The number of rotatable bonds is 5. The van der Waals surface area contributed by atoms with Gasteiger partial charge in [-0.3, -0.25) is 4.79 Å². The Morgan fingerprint density at radius 3 is 2.39 bits per heavy atom. The van der Waals surface area contributed by atoms with Crippen LogP contribution < -0.4 is 10.7 Å². The van der Waals surface area contributed by atoms with E-state index in [1.54, 1.807) is 56.3 Å². The highest BCUT2D eigenvalue weighted by atomic mass is 16.5. The number of fused-ring (bicyclic) bond motifs is 2. The maximum absolute atomic E-state index is 13.2. The lowest BCUT2D eigenvalue weighted by Crippen LogP contribution is -2.32. The molecule has 0 spiro atoms. The van der Waals surface area contributed by atoms with Crippen LogP contribution in [0.3, 0.4) is 0 Å². The third-order valence-corrected chi connectivity index (χ3v) is 5.66. The van der Waals surface area contributed by atoms with Gasteiger partial charge in [0.25, 0.3) is 0 Å². The molecule has 1 aliphatic heterocycles. The first-order valence-corrected chi connectivity index (χ1v) is 10.4. The molecule has 7 nitrogen and oxygen atoms in total. The molecule has 0 fully saturated rings. The molecule has 0 saturated carbocycles. The van der Waals surface area contributed by atoms with Crippen LogP contribution in [0.15, 0.2) is 86.9 Å². The zero-order valence-corrected chi connectivity index (χ0v) is 18.6. The van der Waals surface area contributed by atoms with Crippen molar-refractivity contribution in [2.75, 3.05) is 13.7 Å². The molecule has 33 heavy (non-hydrogen) atoms. The van der Waals surface area contributed by atoms with E-state index in [9.17, 15) is 14.4 Å². The summed E-state index contributed by atoms with van der Waals surface area (Å²) in [5.74, 6) is -2.09. The van der Waals surface area contributed by atoms with Gasteiger partial charge in [0.05, 0.1) is 34.9 Å². The highest BCUT2D eigenvalue weighted by Crippen LogP contribution is 2.42. The third kappa shape index (κ3) is 3.71. The van der Waals surface area contributed by atoms with E-state index in [1.807, 2.05) is 0 Å². The van der Waals surface area contributed by atoms with Crippen LogP contribution in [-0.4, -0.2) is 25.7 Å². The van der Waals surface area contributed by atoms with Gasteiger partial charge in [0, 0.05) is 17.0 Å². The van der Waals surface area contributed by atoms with Crippen LogP contribution >= 0.6 is 0 Å². The number of carbonyl (C=O) groups is 2. The molecular weight excluding hydrogens is 422 g/mol. The fourth-order valence-corrected chi connectivity index (χ4v) is 4.24. The second kappa shape index (κ2) is 8.78. The van der Waals surface area contributed by atoms with Crippen molar-refractivity contribution in [3.63, 3.8) is 0 Å². The zero-order valence-electron chi connectivity index (χ0n) is 18.6. The van der Waals surface area contributed by atoms with Crippen molar-refractivity contribution in [1.29, 1.82) is 0 Å². The molecule has 0 bridgehead atoms. The van der Waals surface area contributed by atoms with E-state index >= 15 is 0 Å². The van der Waals surface area contributed by atoms with Crippen molar-refractivity contribution in [1.82, 2.24) is 5.32 Å². The average Bonchev–Trinajstić information content (AvgIpc) is 2.81. The molecule has 1 aromatic heterocycles. The second-order valence-electron chi connectivity index (χ2n) is 7.67. The van der Waals surface area contributed by atoms with E-state index in [0.29, 0.717) is 38.9 Å². The minimum atomic E-state index is -0.871. The molecule has 0 saturated heterocycles. The molecule has 0 amide bonds. The Morgan fingerprint density at radius 2 is 1.70 bits per heavy atom. The van der Waals surface area contributed by atoms with Crippen molar-refractivity contribution in [3.8, 4) is 0 Å². The van der Waals surface area contributed by atoms with E-state index in [2.05, 4.69) is 11.9 Å². The zero-order chi connectivity index (χ0) is 23.7. The van der Waals surface area contributed by atoms with E-state index in [1.165, 1.54) is 13.2 Å². The summed E-state index contributed by atoms with van der Waals surface area (Å²) in [4.78, 5) is 39.1. The number of benzene rings is 2. The number of allylic oxidation sites excluding steroid dienone is 2. The van der Waals surface area contributed by atoms with Crippen molar-refractivity contribution >= 4 is 33.9 Å². The molecule has 0 aliphatic carbocycles. The molecule has 0 radical (unpaired) electrons. The Labute approximate surface area is 190 Å². The van der Waals surface area contributed by atoms with E-state index < -0.39 is 17.9 Å². The first kappa shape index (κ1) is 22.1. The third-order valence-electron chi connectivity index (χ3n) is 5.66. The summed E-state index contributed by atoms with van der Waals surface area (Å²) in [6.07, 6.45) is 1.46. The SMILES string of the molecule is C=CCOC(=O)C1=C(C)NC(C)=C(C(=O)OC)C1c1cccc2c(=O)c3ccccc3oc12. The van der Waals surface area contributed by atoms with Crippen molar-refractivity contribution in [2.45, 2.75) is 19.8 Å². The number of esters is 2. The molecule has 4 rings (SSSR count). The predicted octanol–water partition coefficient (Wildman–Crippen LogP) is 4.08. The Balaban J connectivity index is 2.06. The standard InChI is InChI=1S/C26H23NO6/c1-5-13-32-26(30)21-15(3)27-14(2)20(25(29)31-4)22(21)17-10-8-11-18-23(28)16-9-6-7-12-19(16)33-24(17)18/h5-12,22,27H,1,13H2,2-4H3. The van der Waals surface area contributed by atoms with Crippen LogP contribution in [0, 0.1) is 0 Å². The van der Waals surface area contributed by atoms with Gasteiger partial charge in [-0.15, -0.1) is 0 Å². The summed E-state index contributed by atoms with van der Waals surface area (Å²) in [5.41, 5.74) is 2.52. The summed E-state index contributed by atoms with van der Waals surface area (Å²) in [6, 6.07) is 12.1. The molecule has 3 aromatic rings. The van der Waals surface area contributed by atoms with Gasteiger partial charge in [-0.1, -0.05) is 36.9 Å². The number of carbonyl (C=O) groups excluding carboxylic acids is 2. The number of nitrogens with one attached hydrogen (secondary N) is 1. The summed E-state index contributed by atoms with van der Waals surface area (Å²) in [5, 5.41) is 3.88. The molecule has 168 valence electrons. The van der Waals surface area contributed by atoms with Crippen LogP contribution in [0.1, 0.15) is 25.3 Å². The molecule has 1 atom stereocenters. The van der Waals surface area contributed by atoms with Gasteiger partial charge < -0.3 is 19.2 Å². The predicted molar refractivity (Wildman–Crippen MR) is 124 cm³/mol. The highest BCUT2D eigenvalue weighted by molar-refractivity contribution is 6.02. The van der Waals surface area contributed by atoms with Gasteiger partial charge in [-0.2, -0.15) is 0 Å². The maximum atomic E-state index is 13.2. The lowest BCUT2D eigenvalue weighted by Gasteiger charge is -2.30. The lowest BCUT2D eigenvalue weighted by atomic mass is 9.79. The summed E-state index contributed by atoms with van der Waals surface area (Å²) >= 11 is 0. The maximum Gasteiger partial charge on any atom is 0.337 e.